The molecule has 1 aliphatic carbocycles. The van der Waals surface area contributed by atoms with Crippen molar-refractivity contribution in [2.45, 2.75) is 38.8 Å². The van der Waals surface area contributed by atoms with E-state index >= 15 is 0 Å². The lowest BCUT2D eigenvalue weighted by Crippen LogP contribution is -2.41. The van der Waals surface area contributed by atoms with Crippen LogP contribution in [0.5, 0.6) is 0 Å². The highest BCUT2D eigenvalue weighted by Gasteiger charge is 2.37. The molecule has 2 unspecified atom stereocenters. The topological polar surface area (TPSA) is 58.3 Å². The van der Waals surface area contributed by atoms with E-state index in [2.05, 4.69) is 22.6 Å². The Morgan fingerprint density at radius 3 is 3.25 bits per heavy atom. The van der Waals surface area contributed by atoms with Gasteiger partial charge in [0.05, 0.1) is 12.0 Å². The van der Waals surface area contributed by atoms with Gasteiger partial charge in [0.1, 0.15) is 0 Å². The average Bonchev–Trinajstić information content (AvgIpc) is 3.17. The third-order valence-electron chi connectivity index (χ3n) is 4.26. The second-order valence-electron chi connectivity index (χ2n) is 5.76. The number of aromatic nitrogens is 1. The number of hydrogen-bond acceptors (Lipinski definition) is 5. The second kappa shape index (κ2) is 5.68. The Morgan fingerprint density at radius 1 is 1.60 bits per heavy atom. The van der Waals surface area contributed by atoms with Crippen LogP contribution in [0.3, 0.4) is 0 Å². The molecule has 0 amide bonds. The molecule has 0 aliphatic heterocycles. The first kappa shape index (κ1) is 13.8. The summed E-state index contributed by atoms with van der Waals surface area (Å²) >= 11 is 1.60. The molecular formula is C15H20N2O2S. The number of thiazole rings is 1. The molecule has 20 heavy (non-hydrogen) atoms. The smallest absolute Gasteiger partial charge is 0.162 e. The fourth-order valence-electron chi connectivity index (χ4n) is 2.90. The quantitative estimate of drug-likeness (QED) is 0.889. The fourth-order valence-corrected chi connectivity index (χ4v) is 3.69. The van der Waals surface area contributed by atoms with Crippen LogP contribution in [0.1, 0.15) is 31.9 Å². The highest BCUT2D eigenvalue weighted by molar-refractivity contribution is 7.13. The van der Waals surface area contributed by atoms with Crippen LogP contribution >= 0.6 is 11.3 Å². The van der Waals surface area contributed by atoms with E-state index in [1.54, 1.807) is 17.6 Å². The Bertz CT molecular complexity index is 552. The van der Waals surface area contributed by atoms with Crippen molar-refractivity contribution < 1.29 is 9.52 Å². The molecule has 0 aromatic carbocycles. The summed E-state index contributed by atoms with van der Waals surface area (Å²) in [6, 6.07) is 4.18. The molecule has 0 radical (unpaired) electrons. The number of aliphatic hydroxyl groups excluding tert-OH is 1. The lowest BCUT2D eigenvalue weighted by molar-refractivity contribution is 0.118. The molecule has 2 N–H and O–H groups in total. The van der Waals surface area contributed by atoms with Gasteiger partial charge in [0, 0.05) is 30.0 Å². The zero-order valence-electron chi connectivity index (χ0n) is 11.6. The highest BCUT2D eigenvalue weighted by atomic mass is 32.1. The Hall–Kier alpha value is -1.17. The van der Waals surface area contributed by atoms with Crippen molar-refractivity contribution in [1.82, 2.24) is 10.3 Å². The first-order valence-electron chi connectivity index (χ1n) is 7.04. The van der Waals surface area contributed by atoms with Crippen LogP contribution in [0.15, 0.2) is 28.2 Å². The standard InChI is InChI=1S/C15H20N2O2S/c1-15(10-18)6-2-5-13(15)16-8-11-9-20-14(17-11)12-4-3-7-19-12/h3-4,7,9,13,16,18H,2,5-6,8,10H2,1H3. The molecule has 2 heterocycles. The lowest BCUT2D eigenvalue weighted by Gasteiger charge is -2.30. The van der Waals surface area contributed by atoms with Crippen molar-refractivity contribution in [2.24, 2.45) is 5.41 Å². The Morgan fingerprint density at radius 2 is 2.50 bits per heavy atom. The van der Waals surface area contributed by atoms with Crippen molar-refractivity contribution in [3.05, 3.63) is 29.5 Å². The number of furan rings is 1. The van der Waals surface area contributed by atoms with Crippen LogP contribution in [0.2, 0.25) is 0 Å². The minimum atomic E-state index is 0.0138. The van der Waals surface area contributed by atoms with Crippen LogP contribution < -0.4 is 5.32 Å². The van der Waals surface area contributed by atoms with Crippen LogP contribution in [-0.2, 0) is 6.54 Å². The maximum absolute atomic E-state index is 9.56. The molecule has 1 fully saturated rings. The summed E-state index contributed by atoms with van der Waals surface area (Å²) in [7, 11) is 0. The van der Waals surface area contributed by atoms with Gasteiger partial charge >= 0.3 is 0 Å². The van der Waals surface area contributed by atoms with Gasteiger partial charge in [-0.05, 0) is 25.0 Å². The zero-order chi connectivity index (χ0) is 14.0. The second-order valence-corrected chi connectivity index (χ2v) is 6.62. The molecule has 1 aliphatic rings. The van der Waals surface area contributed by atoms with Gasteiger partial charge in [-0.15, -0.1) is 11.3 Å². The van der Waals surface area contributed by atoms with Crippen LogP contribution in [0.4, 0.5) is 0 Å². The van der Waals surface area contributed by atoms with Gasteiger partial charge in [-0.3, -0.25) is 0 Å². The first-order valence-corrected chi connectivity index (χ1v) is 7.92. The van der Waals surface area contributed by atoms with Gasteiger partial charge in [-0.1, -0.05) is 13.3 Å². The monoisotopic (exact) mass is 292 g/mol. The van der Waals surface area contributed by atoms with Gasteiger partial charge in [-0.25, -0.2) is 4.98 Å². The number of aliphatic hydroxyl groups is 1. The maximum atomic E-state index is 9.56. The van der Waals surface area contributed by atoms with Crippen molar-refractivity contribution in [1.29, 1.82) is 0 Å². The number of rotatable bonds is 5. The van der Waals surface area contributed by atoms with E-state index in [4.69, 9.17) is 4.42 Å². The normalized spacial score (nSPS) is 26.2. The van der Waals surface area contributed by atoms with E-state index in [9.17, 15) is 5.11 Å². The van der Waals surface area contributed by atoms with Gasteiger partial charge in [-0.2, -0.15) is 0 Å². The maximum Gasteiger partial charge on any atom is 0.162 e. The Kier molecular flexibility index (Phi) is 3.92. The van der Waals surface area contributed by atoms with E-state index in [0.29, 0.717) is 6.04 Å². The molecule has 2 atom stereocenters. The molecule has 2 aromatic rings. The van der Waals surface area contributed by atoms with E-state index in [1.165, 1.54) is 6.42 Å². The Labute approximate surface area is 122 Å². The summed E-state index contributed by atoms with van der Waals surface area (Å²) in [4.78, 5) is 4.59. The summed E-state index contributed by atoms with van der Waals surface area (Å²) in [6.45, 7) is 3.16. The average molecular weight is 292 g/mol. The van der Waals surface area contributed by atoms with Crippen molar-refractivity contribution in [3.8, 4) is 10.8 Å². The molecule has 3 rings (SSSR count). The summed E-state index contributed by atoms with van der Waals surface area (Å²) in [5, 5.41) is 16.1. The van der Waals surface area contributed by atoms with Crippen molar-refractivity contribution in [3.63, 3.8) is 0 Å². The predicted molar refractivity (Wildman–Crippen MR) is 79.5 cm³/mol. The highest BCUT2D eigenvalue weighted by Crippen LogP contribution is 2.37. The van der Waals surface area contributed by atoms with Crippen LogP contribution in [0, 0.1) is 5.41 Å². The van der Waals surface area contributed by atoms with E-state index in [-0.39, 0.29) is 12.0 Å². The molecule has 0 saturated heterocycles. The van der Waals surface area contributed by atoms with Gasteiger partial charge < -0.3 is 14.8 Å². The molecule has 4 nitrogen and oxygen atoms in total. The molecule has 0 spiro atoms. The third kappa shape index (κ3) is 2.66. The molecule has 2 aromatic heterocycles. The SMILES string of the molecule is CC1(CO)CCCC1NCc1csc(-c2ccco2)n1. The molecule has 0 bridgehead atoms. The molecule has 108 valence electrons. The molecule has 1 saturated carbocycles. The Balaban J connectivity index is 1.62. The summed E-state index contributed by atoms with van der Waals surface area (Å²) in [5.74, 6) is 0.822. The predicted octanol–water partition coefficient (Wildman–Crippen LogP) is 3.04. The van der Waals surface area contributed by atoms with Gasteiger partial charge in [0.15, 0.2) is 10.8 Å². The summed E-state index contributed by atoms with van der Waals surface area (Å²) in [5.41, 5.74) is 1.05. The van der Waals surface area contributed by atoms with Crippen molar-refractivity contribution >= 4 is 11.3 Å². The van der Waals surface area contributed by atoms with E-state index in [1.807, 2.05) is 12.1 Å². The van der Waals surface area contributed by atoms with Gasteiger partial charge in [0.2, 0.25) is 0 Å². The first-order chi connectivity index (χ1) is 9.71. The largest absolute Gasteiger partial charge is 0.462 e. The fraction of sp³-hybridized carbons (Fsp3) is 0.533. The summed E-state index contributed by atoms with van der Waals surface area (Å²) < 4.78 is 5.36. The minimum absolute atomic E-state index is 0.0138. The minimum Gasteiger partial charge on any atom is -0.462 e. The third-order valence-corrected chi connectivity index (χ3v) is 5.16. The van der Waals surface area contributed by atoms with Crippen LogP contribution in [-0.4, -0.2) is 22.7 Å². The lowest BCUT2D eigenvalue weighted by atomic mass is 9.86. The van der Waals surface area contributed by atoms with E-state index < -0.39 is 0 Å². The zero-order valence-corrected chi connectivity index (χ0v) is 12.4. The molecule has 5 heteroatoms. The number of nitrogens with zero attached hydrogens (tertiary/aromatic N) is 1. The van der Waals surface area contributed by atoms with Crippen LogP contribution in [0.25, 0.3) is 10.8 Å². The number of hydrogen-bond donors (Lipinski definition) is 2. The van der Waals surface area contributed by atoms with Gasteiger partial charge in [0.25, 0.3) is 0 Å². The molecular weight excluding hydrogens is 272 g/mol. The summed E-state index contributed by atoms with van der Waals surface area (Å²) in [6.07, 6.45) is 5.07. The van der Waals surface area contributed by atoms with E-state index in [0.717, 1.165) is 35.8 Å². The van der Waals surface area contributed by atoms with Crippen molar-refractivity contribution in [2.75, 3.05) is 6.61 Å². The number of nitrogens with one attached hydrogen (secondary N) is 1.